The van der Waals surface area contributed by atoms with Gasteiger partial charge in [-0.25, -0.2) is 0 Å². The number of ketones is 3. The van der Waals surface area contributed by atoms with Crippen molar-refractivity contribution in [3.63, 3.8) is 0 Å². The largest absolute Gasteiger partial charge is 0.512 e. The second-order valence-corrected chi connectivity index (χ2v) is 26.3. The first-order valence-electron chi connectivity index (χ1n) is 35.2. The minimum Gasteiger partial charge on any atom is -0.512 e. The predicted octanol–water partition coefficient (Wildman–Crippen LogP) is 24.8. The summed E-state index contributed by atoms with van der Waals surface area (Å²) in [5.41, 5.74) is 25.7. The molecule has 0 bridgehead atoms. The average Bonchev–Trinajstić information content (AvgIpc) is 1.67. The molecule has 9 aromatic carbocycles. The monoisotopic (exact) mass is 2000 g/mol. The molecule has 12 nitrogen and oxygen atoms in total. The molecule has 6 heterocycles. The third kappa shape index (κ3) is 24.6. The summed E-state index contributed by atoms with van der Waals surface area (Å²) in [6.45, 7) is 21.2. The number of rotatable bonds is 12. The molecule has 0 spiro atoms. The molecule has 111 heavy (non-hydrogen) atoms. The van der Waals surface area contributed by atoms with Crippen LogP contribution < -0.4 is 0 Å². The van der Waals surface area contributed by atoms with Crippen LogP contribution in [-0.4, -0.2) is 47.6 Å². The van der Waals surface area contributed by atoms with Gasteiger partial charge < -0.3 is 43.5 Å². The number of hydrogen-bond donors (Lipinski definition) is 3. The number of carbonyl (C=O) groups is 3. The Balaban J connectivity index is 0.000000202. The smallest absolute Gasteiger partial charge is 0.155 e. The number of allylic oxidation sites excluding steroid dienone is 6. The van der Waals surface area contributed by atoms with E-state index in [0.29, 0.717) is 0 Å². The number of carbonyl (C=O) groups excluding carboxylic acids is 3. The molecule has 0 atom stereocenters. The Hall–Kier alpha value is -11.4. The maximum atomic E-state index is 10.0. The van der Waals surface area contributed by atoms with Crippen LogP contribution in [0.3, 0.4) is 0 Å². The molecule has 0 aliphatic heterocycles. The Morgan fingerprint density at radius 1 is 0.315 bits per heavy atom. The molecule has 3 radical (unpaired) electrons. The number of nitrogens with zero attached hydrogens (tertiary/aromatic N) is 3. The second kappa shape index (κ2) is 41.4. The van der Waals surface area contributed by atoms with Crippen molar-refractivity contribution >= 4 is 50.3 Å². The van der Waals surface area contributed by atoms with Crippen LogP contribution in [0, 0.1) is 59.7 Å². The number of aromatic nitrogens is 3. The van der Waals surface area contributed by atoms with Crippen LogP contribution in [0.1, 0.15) is 74.9 Å². The van der Waals surface area contributed by atoms with Crippen LogP contribution in [0.25, 0.3) is 134 Å². The minimum atomic E-state index is -0.125. The number of fused-ring (bicyclic) bond motifs is 3. The zero-order valence-electron chi connectivity index (χ0n) is 63.6. The van der Waals surface area contributed by atoms with Crippen molar-refractivity contribution in [2.24, 2.45) is 0 Å². The third-order valence-corrected chi connectivity index (χ3v) is 17.0. The molecule has 0 aliphatic carbocycles. The molecule has 6 aromatic heterocycles. The van der Waals surface area contributed by atoms with Gasteiger partial charge in [-0.2, -0.15) is 0 Å². The SMILES string of the molecule is CC(=O)C=C(C)O.CC(=O)C=C(C)O.CC(=O)C=C(C)O.Cc1cc(C)c(-c2cc3cnc(-c4[c-]ccc(-c5ccccc5)c4)cc3o2)c(C)c1.Cc1ccc(-c2cc3cnc(-c4[c-]ccc(-c5ccccc5)c4)cc3o2)cc1.Cc1cccc(C)c1-c1cc2cnc(-c3[c-]ccc(-c4ccccc4)c3)cc2o1.[Ir].[Ir].[Ir]. The molecular formula is C96H84Ir3N3O9-3. The summed E-state index contributed by atoms with van der Waals surface area (Å²) in [5.74, 6) is 2.45. The summed E-state index contributed by atoms with van der Waals surface area (Å²) in [6, 6.07) is 90.7. The van der Waals surface area contributed by atoms with Gasteiger partial charge in [0.25, 0.3) is 0 Å². The Labute approximate surface area is 689 Å². The molecule has 15 aromatic rings. The van der Waals surface area contributed by atoms with E-state index in [0.717, 1.165) is 117 Å². The number of aryl methyl sites for hydroxylation is 6. The number of hydrogen-bond acceptors (Lipinski definition) is 12. The van der Waals surface area contributed by atoms with Crippen molar-refractivity contribution in [2.45, 2.75) is 83.1 Å². The van der Waals surface area contributed by atoms with Crippen molar-refractivity contribution in [3.05, 3.63) is 342 Å². The molecule has 15 heteroatoms. The van der Waals surface area contributed by atoms with Gasteiger partial charge in [0, 0.05) is 130 Å². The Kier molecular flexibility index (Phi) is 32.4. The van der Waals surface area contributed by atoms with Crippen LogP contribution in [0.15, 0.2) is 304 Å². The number of benzene rings is 9. The molecule has 0 saturated carbocycles. The molecule has 0 fully saturated rings. The molecule has 0 aliphatic rings. The number of aliphatic hydroxyl groups excluding tert-OH is 3. The van der Waals surface area contributed by atoms with E-state index in [2.05, 4.69) is 226 Å². The van der Waals surface area contributed by atoms with E-state index in [4.69, 9.17) is 28.6 Å². The van der Waals surface area contributed by atoms with E-state index in [9.17, 15) is 14.4 Å². The summed E-state index contributed by atoms with van der Waals surface area (Å²) in [5, 5.41) is 28.1. The summed E-state index contributed by atoms with van der Waals surface area (Å²) in [7, 11) is 0. The first kappa shape index (κ1) is 86.9. The average molecular weight is 2000 g/mol. The van der Waals surface area contributed by atoms with Gasteiger partial charge in [-0.05, 0) is 176 Å². The normalized spacial score (nSPS) is 10.9. The van der Waals surface area contributed by atoms with Gasteiger partial charge in [0.1, 0.15) is 34.0 Å². The quantitative estimate of drug-likeness (QED) is 0.0597. The van der Waals surface area contributed by atoms with Gasteiger partial charge in [0.15, 0.2) is 17.3 Å². The number of pyridine rings is 3. The topological polar surface area (TPSA) is 190 Å². The first-order chi connectivity index (χ1) is 51.9. The van der Waals surface area contributed by atoms with E-state index in [1.54, 1.807) is 0 Å². The Morgan fingerprint density at radius 3 is 0.928 bits per heavy atom. The summed E-state index contributed by atoms with van der Waals surface area (Å²) >= 11 is 0. The van der Waals surface area contributed by atoms with E-state index in [1.165, 1.54) is 110 Å². The van der Waals surface area contributed by atoms with Gasteiger partial charge in [-0.15, -0.1) is 106 Å². The fraction of sp³-hybridized carbons (Fsp3) is 0.125. The fourth-order valence-electron chi connectivity index (χ4n) is 12.3. The molecule has 15 rings (SSSR count). The zero-order valence-corrected chi connectivity index (χ0v) is 70.8. The van der Waals surface area contributed by atoms with Crippen molar-refractivity contribution in [1.82, 2.24) is 15.0 Å². The summed E-state index contributed by atoms with van der Waals surface area (Å²) in [4.78, 5) is 44.1. The Morgan fingerprint density at radius 2 is 0.622 bits per heavy atom. The van der Waals surface area contributed by atoms with Crippen LogP contribution in [-0.2, 0) is 74.7 Å². The van der Waals surface area contributed by atoms with Crippen LogP contribution in [0.5, 0.6) is 0 Å². The van der Waals surface area contributed by atoms with Crippen molar-refractivity contribution in [1.29, 1.82) is 0 Å². The van der Waals surface area contributed by atoms with E-state index in [1.807, 2.05) is 104 Å². The Bertz CT molecular complexity index is 5640. The standard InChI is InChI=1S/C28H22NO.C27H20NO.C26H18NO.3C5H8O2.3Ir/c1-18-12-19(2)28(20(3)13-18)27-15-24-17-29-25(16-26(24)30-27)23-11-7-10-22(14-23)21-8-5-4-6-9-21;1-18-8-6-9-19(2)27(18)26-15-23-17-28-24(16-25(23)29-26)22-13-7-12-21(14-22)20-10-4-3-5-11-20;1-18-10-12-20(13-11-18)25-15-23-17-27-24(16-26(23)28-25)22-9-5-8-21(14-22)19-6-3-2-4-7-19;3*1-4(6)3-5(2)7;;;/h4-10,12-17H,1-3H3;3-12,14-17H,1-2H3;2-8,10-17H,1H3;3*3,6H,1-2H3;;;/q3*-1;;;;;;. The van der Waals surface area contributed by atoms with E-state index >= 15 is 0 Å². The summed E-state index contributed by atoms with van der Waals surface area (Å²) in [6.07, 6.45) is 9.14. The van der Waals surface area contributed by atoms with Gasteiger partial charge >= 0.3 is 0 Å². The molecule has 0 amide bonds. The molecule has 0 unspecified atom stereocenters. The van der Waals surface area contributed by atoms with E-state index in [-0.39, 0.29) is 94.9 Å². The molecule has 0 saturated heterocycles. The van der Waals surface area contributed by atoms with E-state index < -0.39 is 0 Å². The minimum absolute atomic E-state index is 0. The zero-order chi connectivity index (χ0) is 77.0. The van der Waals surface area contributed by atoms with Gasteiger partial charge in [-0.3, -0.25) is 14.4 Å². The molecule has 3 N–H and O–H groups in total. The van der Waals surface area contributed by atoms with Crippen molar-refractivity contribution in [3.8, 4) is 101 Å². The third-order valence-electron chi connectivity index (χ3n) is 17.0. The van der Waals surface area contributed by atoms with Crippen LogP contribution in [0.2, 0.25) is 0 Å². The maximum absolute atomic E-state index is 10.0. The van der Waals surface area contributed by atoms with Gasteiger partial charge in [0.05, 0.1) is 17.3 Å². The fourth-order valence-corrected chi connectivity index (χ4v) is 12.3. The van der Waals surface area contributed by atoms with Crippen molar-refractivity contribution in [2.75, 3.05) is 0 Å². The van der Waals surface area contributed by atoms with Gasteiger partial charge in [0.2, 0.25) is 0 Å². The van der Waals surface area contributed by atoms with Gasteiger partial charge in [-0.1, -0.05) is 157 Å². The summed E-state index contributed by atoms with van der Waals surface area (Å²) < 4.78 is 18.6. The molecular weight excluding hydrogens is 1920 g/mol. The van der Waals surface area contributed by atoms with Crippen molar-refractivity contribution < 1.29 is 103 Å². The maximum Gasteiger partial charge on any atom is 0.155 e. The number of aliphatic hydroxyl groups is 3. The number of furan rings is 3. The first-order valence-corrected chi connectivity index (χ1v) is 35.2. The molecule has 567 valence electrons. The van der Waals surface area contributed by atoms with Crippen LogP contribution in [0.4, 0.5) is 0 Å². The van der Waals surface area contributed by atoms with Crippen LogP contribution >= 0.6 is 0 Å². The second-order valence-electron chi connectivity index (χ2n) is 26.3. The predicted molar refractivity (Wildman–Crippen MR) is 437 cm³/mol.